The Balaban J connectivity index is 2.20. The Morgan fingerprint density at radius 2 is 1.44 bits per heavy atom. The molecule has 0 aromatic heterocycles. The Bertz CT molecular complexity index is 845. The van der Waals surface area contributed by atoms with E-state index in [4.69, 9.17) is 0 Å². The first kappa shape index (κ1) is 18.3. The predicted molar refractivity (Wildman–Crippen MR) is 103 cm³/mol. The summed E-state index contributed by atoms with van der Waals surface area (Å²) in [6, 6.07) is 12.0. The molecular formula is C21H23N3O. The summed E-state index contributed by atoms with van der Waals surface area (Å²) in [5.74, 6) is -0.422. The van der Waals surface area contributed by atoms with Gasteiger partial charge in [-0.15, -0.1) is 0 Å². The van der Waals surface area contributed by atoms with Crippen molar-refractivity contribution in [3.05, 3.63) is 69.9 Å². The minimum Gasteiger partial charge on any atom is -0.360 e. The Morgan fingerprint density at radius 1 is 0.920 bits per heavy atom. The van der Waals surface area contributed by atoms with E-state index >= 15 is 0 Å². The average Bonchev–Trinajstić information content (AvgIpc) is 2.50. The van der Waals surface area contributed by atoms with Crippen molar-refractivity contribution in [1.82, 2.24) is 0 Å². The zero-order valence-corrected chi connectivity index (χ0v) is 15.3. The van der Waals surface area contributed by atoms with Crippen LogP contribution in [-0.2, 0) is 4.79 Å². The molecule has 1 amide bonds. The van der Waals surface area contributed by atoms with Gasteiger partial charge in [-0.25, -0.2) is 0 Å². The maximum absolute atomic E-state index is 12.4. The topological polar surface area (TPSA) is 64.9 Å². The van der Waals surface area contributed by atoms with Crippen LogP contribution in [0.1, 0.15) is 27.8 Å². The van der Waals surface area contributed by atoms with Crippen LogP contribution in [-0.4, -0.2) is 5.91 Å². The summed E-state index contributed by atoms with van der Waals surface area (Å²) in [7, 11) is 0. The second-order valence-electron chi connectivity index (χ2n) is 6.42. The van der Waals surface area contributed by atoms with E-state index in [1.807, 2.05) is 65.0 Å². The molecule has 0 aliphatic carbocycles. The molecule has 0 radical (unpaired) electrons. The smallest absolute Gasteiger partial charge is 0.267 e. The molecule has 0 fully saturated rings. The Labute approximate surface area is 149 Å². The van der Waals surface area contributed by atoms with E-state index in [-0.39, 0.29) is 5.57 Å². The van der Waals surface area contributed by atoms with Gasteiger partial charge in [0, 0.05) is 17.6 Å². The molecule has 4 heteroatoms. The molecular weight excluding hydrogens is 310 g/mol. The van der Waals surface area contributed by atoms with Crippen molar-refractivity contribution in [3.63, 3.8) is 0 Å². The lowest BCUT2D eigenvalue weighted by Gasteiger charge is -2.12. The third kappa shape index (κ3) is 4.71. The van der Waals surface area contributed by atoms with Gasteiger partial charge < -0.3 is 10.6 Å². The van der Waals surface area contributed by atoms with Gasteiger partial charge in [-0.2, -0.15) is 5.26 Å². The van der Waals surface area contributed by atoms with Crippen molar-refractivity contribution in [1.29, 1.82) is 5.26 Å². The minimum atomic E-state index is -0.422. The highest BCUT2D eigenvalue weighted by Gasteiger charge is 2.12. The summed E-state index contributed by atoms with van der Waals surface area (Å²) in [6.45, 7) is 9.91. The van der Waals surface area contributed by atoms with Crippen LogP contribution < -0.4 is 10.6 Å². The van der Waals surface area contributed by atoms with Crippen molar-refractivity contribution in [3.8, 4) is 6.07 Å². The van der Waals surface area contributed by atoms with Crippen LogP contribution in [0.3, 0.4) is 0 Å². The van der Waals surface area contributed by atoms with Gasteiger partial charge in [-0.05, 0) is 69.0 Å². The molecule has 0 bridgehead atoms. The number of anilines is 2. The quantitative estimate of drug-likeness (QED) is 0.630. The first-order valence-corrected chi connectivity index (χ1v) is 8.14. The monoisotopic (exact) mass is 333 g/mol. The minimum absolute atomic E-state index is 0.0264. The zero-order chi connectivity index (χ0) is 18.6. The standard InChI is InChI=1S/C21H23N3O/c1-13-6-14(2)10-19(9-13)23-12-18(11-22)21(25)24-20-16(4)7-15(3)8-17(20)5/h6-10,12,23H,1-5H3,(H,24,25)/b18-12-. The molecule has 0 aliphatic rings. The van der Waals surface area contributed by atoms with Crippen molar-refractivity contribution in [2.24, 2.45) is 0 Å². The number of hydrogen-bond acceptors (Lipinski definition) is 3. The van der Waals surface area contributed by atoms with Gasteiger partial charge in [0.1, 0.15) is 11.6 Å². The molecule has 0 spiro atoms. The number of carbonyl (C=O) groups excluding carboxylic acids is 1. The van der Waals surface area contributed by atoms with Gasteiger partial charge in [-0.3, -0.25) is 4.79 Å². The number of carbonyl (C=O) groups is 1. The molecule has 2 aromatic rings. The van der Waals surface area contributed by atoms with E-state index in [2.05, 4.69) is 16.7 Å². The lowest BCUT2D eigenvalue weighted by Crippen LogP contribution is -2.16. The molecule has 0 aliphatic heterocycles. The summed E-state index contributed by atoms with van der Waals surface area (Å²) in [5, 5.41) is 15.2. The van der Waals surface area contributed by atoms with Crippen molar-refractivity contribution >= 4 is 17.3 Å². The largest absolute Gasteiger partial charge is 0.360 e. The van der Waals surface area contributed by atoms with Gasteiger partial charge in [0.2, 0.25) is 0 Å². The maximum atomic E-state index is 12.4. The van der Waals surface area contributed by atoms with Crippen LogP contribution in [0.25, 0.3) is 0 Å². The summed E-state index contributed by atoms with van der Waals surface area (Å²) in [4.78, 5) is 12.4. The molecule has 0 saturated carbocycles. The molecule has 0 unspecified atom stereocenters. The fourth-order valence-electron chi connectivity index (χ4n) is 2.92. The fraction of sp³-hybridized carbons (Fsp3) is 0.238. The van der Waals surface area contributed by atoms with E-state index in [0.29, 0.717) is 0 Å². The highest BCUT2D eigenvalue weighted by molar-refractivity contribution is 6.07. The number of rotatable bonds is 4. The lowest BCUT2D eigenvalue weighted by atomic mass is 10.0. The van der Waals surface area contributed by atoms with Gasteiger partial charge >= 0.3 is 0 Å². The van der Waals surface area contributed by atoms with Gasteiger partial charge in [-0.1, -0.05) is 23.8 Å². The van der Waals surface area contributed by atoms with E-state index < -0.39 is 5.91 Å². The van der Waals surface area contributed by atoms with Crippen LogP contribution in [0.5, 0.6) is 0 Å². The normalized spacial score (nSPS) is 11.0. The third-order valence-electron chi connectivity index (χ3n) is 3.89. The predicted octanol–water partition coefficient (Wildman–Crippen LogP) is 4.69. The first-order valence-electron chi connectivity index (χ1n) is 8.14. The Morgan fingerprint density at radius 3 is 1.96 bits per heavy atom. The highest BCUT2D eigenvalue weighted by Crippen LogP contribution is 2.22. The molecule has 25 heavy (non-hydrogen) atoms. The maximum Gasteiger partial charge on any atom is 0.267 e. The van der Waals surface area contributed by atoms with Crippen molar-refractivity contribution in [2.45, 2.75) is 34.6 Å². The van der Waals surface area contributed by atoms with Crippen LogP contribution in [0.15, 0.2) is 42.1 Å². The molecule has 4 nitrogen and oxygen atoms in total. The average molecular weight is 333 g/mol. The molecule has 128 valence electrons. The van der Waals surface area contributed by atoms with Gasteiger partial charge in [0.15, 0.2) is 0 Å². The summed E-state index contributed by atoms with van der Waals surface area (Å²) >= 11 is 0. The second kappa shape index (κ2) is 7.67. The molecule has 0 saturated heterocycles. The van der Waals surface area contributed by atoms with E-state index in [1.54, 1.807) is 0 Å². The zero-order valence-electron chi connectivity index (χ0n) is 15.3. The third-order valence-corrected chi connectivity index (χ3v) is 3.89. The molecule has 2 aromatic carbocycles. The molecule has 2 rings (SSSR count). The number of nitriles is 1. The Kier molecular flexibility index (Phi) is 5.61. The van der Waals surface area contributed by atoms with Gasteiger partial charge in [0.25, 0.3) is 5.91 Å². The van der Waals surface area contributed by atoms with Crippen LogP contribution in [0.2, 0.25) is 0 Å². The SMILES string of the molecule is Cc1cc(C)cc(N/C=C(/C#N)C(=O)Nc2c(C)cc(C)cc2C)c1. The van der Waals surface area contributed by atoms with Crippen LogP contribution in [0.4, 0.5) is 11.4 Å². The van der Waals surface area contributed by atoms with Gasteiger partial charge in [0.05, 0.1) is 0 Å². The van der Waals surface area contributed by atoms with E-state index in [0.717, 1.165) is 39.2 Å². The summed E-state index contributed by atoms with van der Waals surface area (Å²) in [5.41, 5.74) is 6.95. The lowest BCUT2D eigenvalue weighted by molar-refractivity contribution is -0.112. The fourth-order valence-corrected chi connectivity index (χ4v) is 2.92. The van der Waals surface area contributed by atoms with E-state index in [1.165, 1.54) is 6.20 Å². The summed E-state index contributed by atoms with van der Waals surface area (Å²) in [6.07, 6.45) is 1.45. The number of amides is 1. The Hall–Kier alpha value is -3.06. The number of nitrogens with zero attached hydrogens (tertiary/aromatic N) is 1. The second-order valence-corrected chi connectivity index (χ2v) is 6.42. The number of nitrogens with one attached hydrogen (secondary N) is 2. The summed E-state index contributed by atoms with van der Waals surface area (Å²) < 4.78 is 0. The van der Waals surface area contributed by atoms with Crippen molar-refractivity contribution in [2.75, 3.05) is 10.6 Å². The number of aryl methyl sites for hydroxylation is 5. The van der Waals surface area contributed by atoms with Crippen LogP contribution in [0, 0.1) is 45.9 Å². The van der Waals surface area contributed by atoms with Crippen molar-refractivity contribution < 1.29 is 4.79 Å². The number of hydrogen-bond donors (Lipinski definition) is 2. The van der Waals surface area contributed by atoms with E-state index in [9.17, 15) is 10.1 Å². The molecule has 2 N–H and O–H groups in total. The highest BCUT2D eigenvalue weighted by atomic mass is 16.1. The number of benzene rings is 2. The molecule has 0 atom stereocenters. The van der Waals surface area contributed by atoms with Crippen LogP contribution >= 0.6 is 0 Å². The first-order chi connectivity index (χ1) is 11.8. The molecule has 0 heterocycles.